The van der Waals surface area contributed by atoms with Gasteiger partial charge in [-0.3, -0.25) is 4.90 Å². The molecular weight excluding hydrogens is 314 g/mol. The van der Waals surface area contributed by atoms with E-state index in [1.807, 2.05) is 18.2 Å². The molecule has 7 nitrogen and oxygen atoms in total. The number of rotatable bonds is 3. The molecule has 0 bridgehead atoms. The third-order valence-corrected chi connectivity index (χ3v) is 5.01. The zero-order valence-corrected chi connectivity index (χ0v) is 14.0. The van der Waals surface area contributed by atoms with Gasteiger partial charge in [0.05, 0.1) is 6.20 Å². The van der Waals surface area contributed by atoms with Crippen molar-refractivity contribution in [3.63, 3.8) is 0 Å². The second-order valence-electron chi connectivity index (χ2n) is 6.55. The van der Waals surface area contributed by atoms with Crippen LogP contribution in [0, 0.1) is 11.3 Å². The Morgan fingerprint density at radius 3 is 2.80 bits per heavy atom. The van der Waals surface area contributed by atoms with Crippen LogP contribution in [0.3, 0.4) is 0 Å². The Morgan fingerprint density at radius 2 is 2.04 bits per heavy atom. The summed E-state index contributed by atoms with van der Waals surface area (Å²) >= 11 is 0. The Hall–Kier alpha value is -2.85. The van der Waals surface area contributed by atoms with E-state index in [0.29, 0.717) is 12.0 Å². The molecule has 1 aromatic heterocycles. The maximum Gasteiger partial charge on any atom is 0.229 e. The molecule has 1 aromatic carbocycles. The van der Waals surface area contributed by atoms with Crippen molar-refractivity contribution in [2.24, 2.45) is 0 Å². The third kappa shape index (κ3) is 3.21. The van der Waals surface area contributed by atoms with E-state index in [0.717, 1.165) is 25.3 Å². The molecule has 2 aromatic rings. The van der Waals surface area contributed by atoms with Gasteiger partial charge in [0, 0.05) is 37.1 Å². The van der Waals surface area contributed by atoms with E-state index in [9.17, 15) is 0 Å². The van der Waals surface area contributed by atoms with Crippen molar-refractivity contribution >= 4 is 23.1 Å². The summed E-state index contributed by atoms with van der Waals surface area (Å²) in [4.78, 5) is 13.3. The standard InChI is InChI=1S/C18H21N7/c19-10-13-11-21-18(23-17(13)20)22-14-3-5-15(6-4-14)25-9-8-24-7-1-2-16(24)12-25/h3-6,11,16H,1-2,7-9,12H2,(H3,20,21,22,23). The van der Waals surface area contributed by atoms with Crippen molar-refractivity contribution in [1.29, 1.82) is 5.26 Å². The summed E-state index contributed by atoms with van der Waals surface area (Å²) < 4.78 is 0. The second kappa shape index (κ2) is 6.57. The molecule has 0 amide bonds. The lowest BCUT2D eigenvalue weighted by molar-refractivity contribution is 0.231. The number of nitrogens with two attached hydrogens (primary N) is 1. The Morgan fingerprint density at radius 1 is 1.20 bits per heavy atom. The Labute approximate surface area is 147 Å². The van der Waals surface area contributed by atoms with E-state index in [-0.39, 0.29) is 11.4 Å². The largest absolute Gasteiger partial charge is 0.382 e. The number of nitrogens with zero attached hydrogens (tertiary/aromatic N) is 5. The van der Waals surface area contributed by atoms with Gasteiger partial charge in [-0.2, -0.15) is 10.2 Å². The van der Waals surface area contributed by atoms with E-state index in [1.165, 1.54) is 31.3 Å². The number of nitriles is 1. The summed E-state index contributed by atoms with van der Waals surface area (Å²) in [5.74, 6) is 0.579. The highest BCUT2D eigenvalue weighted by Crippen LogP contribution is 2.26. The molecule has 2 fully saturated rings. The summed E-state index contributed by atoms with van der Waals surface area (Å²) in [7, 11) is 0. The molecule has 2 aliphatic rings. The molecule has 0 radical (unpaired) electrons. The van der Waals surface area contributed by atoms with E-state index in [1.54, 1.807) is 0 Å². The number of piperazine rings is 1. The molecule has 1 atom stereocenters. The first-order chi connectivity index (χ1) is 12.2. The van der Waals surface area contributed by atoms with Crippen LogP contribution in [0.25, 0.3) is 0 Å². The van der Waals surface area contributed by atoms with Crippen LogP contribution in [-0.2, 0) is 0 Å². The summed E-state index contributed by atoms with van der Waals surface area (Å²) in [6.45, 7) is 4.61. The Balaban J connectivity index is 1.43. The van der Waals surface area contributed by atoms with Crippen LogP contribution < -0.4 is 16.0 Å². The van der Waals surface area contributed by atoms with Crippen LogP contribution >= 0.6 is 0 Å². The minimum absolute atomic E-state index is 0.186. The van der Waals surface area contributed by atoms with Gasteiger partial charge in [-0.15, -0.1) is 0 Å². The van der Waals surface area contributed by atoms with E-state index >= 15 is 0 Å². The first kappa shape index (κ1) is 15.7. The van der Waals surface area contributed by atoms with E-state index < -0.39 is 0 Å². The molecule has 0 spiro atoms. The molecule has 1 unspecified atom stereocenters. The number of aromatic nitrogens is 2. The van der Waals surface area contributed by atoms with Crippen LogP contribution in [0.4, 0.5) is 23.1 Å². The SMILES string of the molecule is N#Cc1cnc(Nc2ccc(N3CCN4CCCC4C3)cc2)nc1N. The molecule has 2 aliphatic heterocycles. The molecular formula is C18H21N7. The van der Waals surface area contributed by atoms with E-state index in [2.05, 4.69) is 37.2 Å². The highest BCUT2D eigenvalue weighted by Gasteiger charge is 2.30. The van der Waals surface area contributed by atoms with Crippen molar-refractivity contribution in [1.82, 2.24) is 14.9 Å². The van der Waals surface area contributed by atoms with Crippen molar-refractivity contribution < 1.29 is 0 Å². The van der Waals surface area contributed by atoms with Gasteiger partial charge < -0.3 is 16.0 Å². The smallest absolute Gasteiger partial charge is 0.229 e. The number of anilines is 4. The fourth-order valence-corrected chi connectivity index (χ4v) is 3.65. The zero-order chi connectivity index (χ0) is 17.2. The third-order valence-electron chi connectivity index (χ3n) is 5.01. The van der Waals surface area contributed by atoms with Gasteiger partial charge in [0.2, 0.25) is 5.95 Å². The lowest BCUT2D eigenvalue weighted by atomic mass is 10.1. The molecule has 2 saturated heterocycles. The summed E-state index contributed by atoms with van der Waals surface area (Å²) in [5, 5.41) is 12.0. The van der Waals surface area contributed by atoms with Crippen LogP contribution in [0.5, 0.6) is 0 Å². The van der Waals surface area contributed by atoms with Crippen LogP contribution in [0.2, 0.25) is 0 Å². The molecule has 7 heteroatoms. The molecule has 3 heterocycles. The first-order valence-corrected chi connectivity index (χ1v) is 8.61. The maximum absolute atomic E-state index is 8.87. The highest BCUT2D eigenvalue weighted by molar-refractivity contribution is 5.61. The van der Waals surface area contributed by atoms with Gasteiger partial charge >= 0.3 is 0 Å². The number of fused-ring (bicyclic) bond motifs is 1. The monoisotopic (exact) mass is 335 g/mol. The molecule has 25 heavy (non-hydrogen) atoms. The van der Waals surface area contributed by atoms with Crippen LogP contribution in [0.1, 0.15) is 18.4 Å². The predicted octanol–water partition coefficient (Wildman–Crippen LogP) is 1.96. The molecule has 4 rings (SSSR count). The van der Waals surface area contributed by atoms with Gasteiger partial charge in [-0.1, -0.05) is 0 Å². The van der Waals surface area contributed by atoms with Crippen molar-refractivity contribution in [3.8, 4) is 6.07 Å². The Kier molecular flexibility index (Phi) is 4.12. The number of hydrogen-bond acceptors (Lipinski definition) is 7. The zero-order valence-electron chi connectivity index (χ0n) is 14.0. The maximum atomic E-state index is 8.87. The summed E-state index contributed by atoms with van der Waals surface area (Å²) in [6, 6.07) is 11.0. The quantitative estimate of drug-likeness (QED) is 0.885. The van der Waals surface area contributed by atoms with Crippen LogP contribution in [0.15, 0.2) is 30.5 Å². The van der Waals surface area contributed by atoms with Crippen molar-refractivity contribution in [3.05, 3.63) is 36.0 Å². The lowest BCUT2D eigenvalue weighted by Crippen LogP contribution is -2.50. The fraction of sp³-hybridized carbons (Fsp3) is 0.389. The average molecular weight is 335 g/mol. The average Bonchev–Trinajstić information content (AvgIpc) is 3.10. The normalized spacial score (nSPS) is 20.1. The van der Waals surface area contributed by atoms with Crippen LogP contribution in [-0.4, -0.2) is 47.1 Å². The van der Waals surface area contributed by atoms with E-state index in [4.69, 9.17) is 11.0 Å². The number of nitrogens with one attached hydrogen (secondary N) is 1. The number of benzene rings is 1. The fourth-order valence-electron chi connectivity index (χ4n) is 3.65. The lowest BCUT2D eigenvalue weighted by Gasteiger charge is -2.38. The molecule has 0 aliphatic carbocycles. The first-order valence-electron chi connectivity index (χ1n) is 8.61. The van der Waals surface area contributed by atoms with Crippen molar-refractivity contribution in [2.45, 2.75) is 18.9 Å². The molecule has 0 saturated carbocycles. The van der Waals surface area contributed by atoms with Crippen molar-refractivity contribution in [2.75, 3.05) is 42.1 Å². The second-order valence-corrected chi connectivity index (χ2v) is 6.55. The highest BCUT2D eigenvalue weighted by atomic mass is 15.3. The summed E-state index contributed by atoms with van der Waals surface area (Å²) in [5.41, 5.74) is 8.15. The summed E-state index contributed by atoms with van der Waals surface area (Å²) in [6.07, 6.45) is 4.07. The van der Waals surface area contributed by atoms with Gasteiger partial charge in [-0.05, 0) is 43.7 Å². The Bertz CT molecular complexity index is 796. The molecule has 128 valence electrons. The van der Waals surface area contributed by atoms with Gasteiger partial charge in [-0.25, -0.2) is 4.98 Å². The number of hydrogen-bond donors (Lipinski definition) is 2. The number of nitrogen functional groups attached to an aromatic ring is 1. The minimum atomic E-state index is 0.186. The van der Waals surface area contributed by atoms with Gasteiger partial charge in [0.15, 0.2) is 0 Å². The topological polar surface area (TPSA) is 94.1 Å². The van der Waals surface area contributed by atoms with Gasteiger partial charge in [0.1, 0.15) is 17.5 Å². The minimum Gasteiger partial charge on any atom is -0.382 e. The van der Waals surface area contributed by atoms with Gasteiger partial charge in [0.25, 0.3) is 0 Å². The predicted molar refractivity (Wildman–Crippen MR) is 97.7 cm³/mol. The molecule has 3 N–H and O–H groups in total.